The molecule has 248 valence electrons. The Morgan fingerprint density at radius 3 is 1.43 bits per heavy atom. The first-order chi connectivity index (χ1) is 24.9. The molecule has 0 atom stereocenters. The standard InChI is InChI=1S/C46H36N2O2S/c1-27(2)32-21-29(47-37-14-6-9-17-41(37)49-42-18-10-7-15-38(42)47)23-34-33(28(3)4)22-30(24-35(32)34)48-39-16-8-11-19-43(39)50-44-25-36-31-13-5-12-20-45(31)51-46(36)26-40(44)48/h5-28H,1-4H3. The minimum absolute atomic E-state index is 0.285. The minimum atomic E-state index is 0.285. The minimum Gasteiger partial charge on any atom is -0.453 e. The van der Waals surface area contributed by atoms with Crippen LogP contribution in [0.2, 0.25) is 0 Å². The highest BCUT2D eigenvalue weighted by molar-refractivity contribution is 7.25. The number of fused-ring (bicyclic) bond motifs is 8. The van der Waals surface area contributed by atoms with Gasteiger partial charge in [0.2, 0.25) is 0 Å². The van der Waals surface area contributed by atoms with Crippen LogP contribution in [0.1, 0.15) is 50.7 Å². The number of ether oxygens (including phenoxy) is 2. The van der Waals surface area contributed by atoms with Gasteiger partial charge >= 0.3 is 0 Å². The number of rotatable bonds is 4. The molecule has 2 aliphatic rings. The number of hydrogen-bond donors (Lipinski definition) is 0. The summed E-state index contributed by atoms with van der Waals surface area (Å²) in [5.41, 5.74) is 9.10. The second-order valence-corrected chi connectivity index (χ2v) is 15.3. The molecule has 51 heavy (non-hydrogen) atoms. The second kappa shape index (κ2) is 11.4. The maximum absolute atomic E-state index is 6.67. The zero-order valence-corrected chi connectivity index (χ0v) is 29.8. The Bertz CT molecular complexity index is 2640. The van der Waals surface area contributed by atoms with Crippen LogP contribution in [0, 0.1) is 0 Å². The molecule has 0 saturated heterocycles. The largest absolute Gasteiger partial charge is 0.453 e. The molecule has 3 heterocycles. The summed E-state index contributed by atoms with van der Waals surface area (Å²) < 4.78 is 15.6. The number of nitrogens with zero attached hydrogens (tertiary/aromatic N) is 2. The molecule has 0 aliphatic carbocycles. The van der Waals surface area contributed by atoms with Crippen LogP contribution in [0.3, 0.4) is 0 Å². The SMILES string of the molecule is CC(C)c1cc(N2c3ccccc3Oc3cc4c(cc32)sc2ccccc24)cc2c(C(C)C)cc(N3c4ccccc4Oc4ccccc43)cc12. The van der Waals surface area contributed by atoms with Crippen LogP contribution in [-0.2, 0) is 0 Å². The van der Waals surface area contributed by atoms with Gasteiger partial charge < -0.3 is 19.3 Å². The Balaban J connectivity index is 1.22. The molecule has 4 nitrogen and oxygen atoms in total. The van der Waals surface area contributed by atoms with E-state index in [2.05, 4.69) is 159 Å². The summed E-state index contributed by atoms with van der Waals surface area (Å²) in [4.78, 5) is 4.78. The van der Waals surface area contributed by atoms with Crippen molar-refractivity contribution in [1.29, 1.82) is 0 Å². The van der Waals surface area contributed by atoms with E-state index in [-0.39, 0.29) is 11.8 Å². The third-order valence-corrected chi connectivity index (χ3v) is 11.5. The van der Waals surface area contributed by atoms with E-state index >= 15 is 0 Å². The maximum atomic E-state index is 6.67. The van der Waals surface area contributed by atoms with E-state index in [0.717, 1.165) is 57.1 Å². The van der Waals surface area contributed by atoms with E-state index < -0.39 is 0 Å². The molecule has 0 spiro atoms. The zero-order chi connectivity index (χ0) is 34.4. The fraction of sp³-hybridized carbons (Fsp3) is 0.130. The molecular formula is C46H36N2O2S. The fourth-order valence-electron chi connectivity index (χ4n) is 7.93. The smallest absolute Gasteiger partial charge is 0.152 e. The first kappa shape index (κ1) is 30.1. The summed E-state index contributed by atoms with van der Waals surface area (Å²) in [5, 5.41) is 5.05. The molecule has 7 aromatic carbocycles. The average molecular weight is 681 g/mol. The van der Waals surface area contributed by atoms with E-state index in [1.165, 1.54) is 42.1 Å². The van der Waals surface area contributed by atoms with Gasteiger partial charge in [-0.2, -0.15) is 0 Å². The van der Waals surface area contributed by atoms with Crippen molar-refractivity contribution < 1.29 is 9.47 Å². The van der Waals surface area contributed by atoms with Gasteiger partial charge in [0.05, 0.1) is 22.7 Å². The normalized spacial score (nSPS) is 13.3. The van der Waals surface area contributed by atoms with E-state index in [9.17, 15) is 0 Å². The Morgan fingerprint density at radius 2 is 0.882 bits per heavy atom. The number of anilines is 6. The van der Waals surface area contributed by atoms with Crippen molar-refractivity contribution in [2.75, 3.05) is 9.80 Å². The zero-order valence-electron chi connectivity index (χ0n) is 29.0. The molecule has 0 radical (unpaired) electrons. The van der Waals surface area contributed by atoms with Crippen molar-refractivity contribution in [3.05, 3.63) is 145 Å². The highest BCUT2D eigenvalue weighted by Crippen LogP contribution is 2.55. The topological polar surface area (TPSA) is 24.9 Å². The lowest BCUT2D eigenvalue weighted by Gasteiger charge is -2.35. The van der Waals surface area contributed by atoms with Crippen LogP contribution in [0.5, 0.6) is 23.0 Å². The third kappa shape index (κ3) is 4.65. The van der Waals surface area contributed by atoms with Crippen molar-refractivity contribution >= 4 is 76.4 Å². The summed E-state index contributed by atoms with van der Waals surface area (Å²) >= 11 is 1.84. The van der Waals surface area contributed by atoms with Gasteiger partial charge in [-0.25, -0.2) is 0 Å². The van der Waals surface area contributed by atoms with Crippen LogP contribution in [0.4, 0.5) is 34.1 Å². The summed E-state index contributed by atoms with van der Waals surface area (Å²) in [6, 6.07) is 47.9. The van der Waals surface area contributed by atoms with Gasteiger partial charge in [0.15, 0.2) is 23.0 Å². The second-order valence-electron chi connectivity index (χ2n) is 14.2. The van der Waals surface area contributed by atoms with Gasteiger partial charge in [-0.1, -0.05) is 82.3 Å². The summed E-state index contributed by atoms with van der Waals surface area (Å²) in [6.07, 6.45) is 0. The van der Waals surface area contributed by atoms with Crippen LogP contribution in [-0.4, -0.2) is 0 Å². The molecule has 2 aliphatic heterocycles. The van der Waals surface area contributed by atoms with Gasteiger partial charge in [-0.3, -0.25) is 0 Å². The molecule has 0 bridgehead atoms. The summed E-state index contributed by atoms with van der Waals surface area (Å²) in [5.74, 6) is 4.03. The number of benzene rings is 7. The lowest BCUT2D eigenvalue weighted by molar-refractivity contribution is 0.477. The highest BCUT2D eigenvalue weighted by atomic mass is 32.1. The van der Waals surface area contributed by atoms with E-state index in [0.29, 0.717) is 0 Å². The van der Waals surface area contributed by atoms with Gasteiger partial charge in [0.25, 0.3) is 0 Å². The fourth-order valence-corrected chi connectivity index (χ4v) is 9.06. The Hall–Kier alpha value is -5.78. The van der Waals surface area contributed by atoms with Crippen LogP contribution in [0.15, 0.2) is 133 Å². The Labute approximate surface area is 301 Å². The van der Waals surface area contributed by atoms with Gasteiger partial charge in [0.1, 0.15) is 0 Å². The summed E-state index contributed by atoms with van der Waals surface area (Å²) in [6.45, 7) is 9.22. The quantitative estimate of drug-likeness (QED) is 0.185. The monoisotopic (exact) mass is 680 g/mol. The molecule has 0 N–H and O–H groups in total. The first-order valence-corrected chi connectivity index (χ1v) is 18.5. The molecule has 10 rings (SSSR count). The first-order valence-electron chi connectivity index (χ1n) is 17.7. The van der Waals surface area contributed by atoms with Crippen LogP contribution in [0.25, 0.3) is 30.9 Å². The average Bonchev–Trinajstić information content (AvgIpc) is 3.51. The van der Waals surface area contributed by atoms with Crippen molar-refractivity contribution in [3.63, 3.8) is 0 Å². The molecular weight excluding hydrogens is 645 g/mol. The van der Waals surface area contributed by atoms with E-state index in [1.807, 2.05) is 23.5 Å². The van der Waals surface area contributed by atoms with Crippen molar-refractivity contribution in [3.8, 4) is 23.0 Å². The lowest BCUT2D eigenvalue weighted by atomic mass is 9.88. The Kier molecular flexibility index (Phi) is 6.71. The molecule has 0 fully saturated rings. The number of para-hydroxylation sites is 6. The molecule has 8 aromatic rings. The van der Waals surface area contributed by atoms with Gasteiger partial charge in [0, 0.05) is 31.5 Å². The van der Waals surface area contributed by atoms with Crippen molar-refractivity contribution in [2.24, 2.45) is 0 Å². The van der Waals surface area contributed by atoms with Crippen LogP contribution < -0.4 is 19.3 Å². The van der Waals surface area contributed by atoms with Crippen LogP contribution >= 0.6 is 11.3 Å². The molecule has 5 heteroatoms. The maximum Gasteiger partial charge on any atom is 0.152 e. The predicted octanol–water partition coefficient (Wildman–Crippen LogP) is 14.6. The Morgan fingerprint density at radius 1 is 0.412 bits per heavy atom. The summed E-state index contributed by atoms with van der Waals surface area (Å²) in [7, 11) is 0. The molecule has 0 unspecified atom stereocenters. The molecule has 0 amide bonds. The highest BCUT2D eigenvalue weighted by Gasteiger charge is 2.30. The lowest BCUT2D eigenvalue weighted by Crippen LogP contribution is -2.17. The van der Waals surface area contributed by atoms with E-state index in [1.54, 1.807) is 0 Å². The predicted molar refractivity (Wildman–Crippen MR) is 215 cm³/mol. The van der Waals surface area contributed by atoms with Crippen molar-refractivity contribution in [1.82, 2.24) is 0 Å². The van der Waals surface area contributed by atoms with E-state index in [4.69, 9.17) is 9.47 Å². The third-order valence-electron chi connectivity index (χ3n) is 10.3. The number of thiophene rings is 1. The van der Waals surface area contributed by atoms with Gasteiger partial charge in [-0.15, -0.1) is 11.3 Å². The number of hydrogen-bond acceptors (Lipinski definition) is 5. The van der Waals surface area contributed by atoms with Crippen molar-refractivity contribution in [2.45, 2.75) is 39.5 Å². The van der Waals surface area contributed by atoms with Gasteiger partial charge in [-0.05, 0) is 113 Å². The molecule has 1 aromatic heterocycles. The molecule has 0 saturated carbocycles.